The fraction of sp³-hybridized carbons (Fsp3) is 0.0714. The lowest BCUT2D eigenvalue weighted by Gasteiger charge is -2.06. The molecule has 1 amide bonds. The van der Waals surface area contributed by atoms with Gasteiger partial charge in [0, 0.05) is 11.1 Å². The quantitative estimate of drug-likeness (QED) is 0.801. The highest BCUT2D eigenvalue weighted by Crippen LogP contribution is 2.13. The topological polar surface area (TPSA) is 59.8 Å². The third kappa shape index (κ3) is 2.92. The normalized spacial score (nSPS) is 10.4. The summed E-state index contributed by atoms with van der Waals surface area (Å²) in [5.74, 6) is -0.0877. The number of rotatable bonds is 4. The van der Waals surface area contributed by atoms with Gasteiger partial charge in [-0.3, -0.25) is 4.79 Å². The first-order valence-electron chi connectivity index (χ1n) is 6.06. The lowest BCUT2D eigenvalue weighted by atomic mass is 10.2. The lowest BCUT2D eigenvalue weighted by molar-refractivity contribution is 0.102. The van der Waals surface area contributed by atoms with Crippen LogP contribution in [0.15, 0.2) is 53.7 Å². The fourth-order valence-electron chi connectivity index (χ4n) is 1.79. The van der Waals surface area contributed by atoms with Gasteiger partial charge in [0.2, 0.25) is 0 Å². The molecule has 2 heterocycles. The average molecular weight is 284 g/mol. The minimum Gasteiger partial charge on any atom is -0.322 e. The van der Waals surface area contributed by atoms with Gasteiger partial charge in [0.15, 0.2) is 0 Å². The number of anilines is 1. The number of thiophene rings is 1. The number of hydrogen-bond donors (Lipinski definition) is 1. The number of hydrogen-bond acceptors (Lipinski definition) is 4. The van der Waals surface area contributed by atoms with Gasteiger partial charge >= 0.3 is 0 Å². The molecular weight excluding hydrogens is 272 g/mol. The zero-order valence-corrected chi connectivity index (χ0v) is 11.4. The van der Waals surface area contributed by atoms with Crippen molar-refractivity contribution in [3.8, 4) is 0 Å². The van der Waals surface area contributed by atoms with Gasteiger partial charge in [-0.25, -0.2) is 9.67 Å². The van der Waals surface area contributed by atoms with E-state index in [9.17, 15) is 4.79 Å². The number of aromatic nitrogens is 3. The van der Waals surface area contributed by atoms with Gasteiger partial charge in [0.25, 0.3) is 5.91 Å². The van der Waals surface area contributed by atoms with Crippen molar-refractivity contribution in [3.63, 3.8) is 0 Å². The zero-order valence-electron chi connectivity index (χ0n) is 10.6. The number of amides is 1. The van der Waals surface area contributed by atoms with Crippen LogP contribution in [0.4, 0.5) is 5.69 Å². The summed E-state index contributed by atoms with van der Waals surface area (Å²) in [5, 5.41) is 10.6. The number of nitrogens with zero attached hydrogens (tertiary/aromatic N) is 3. The second-order valence-electron chi connectivity index (χ2n) is 4.26. The summed E-state index contributed by atoms with van der Waals surface area (Å²) in [5.41, 5.74) is 2.56. The molecule has 100 valence electrons. The summed E-state index contributed by atoms with van der Waals surface area (Å²) in [7, 11) is 0. The third-order valence-electron chi connectivity index (χ3n) is 2.81. The molecule has 1 aromatic carbocycles. The molecule has 0 bridgehead atoms. The standard InChI is InChI=1S/C14H12N4OS/c19-14(12-5-6-20-8-12)17-13-3-1-11(2-4-13)7-18-10-15-9-16-18/h1-6,8-10H,7H2,(H,17,19). The molecule has 0 aliphatic rings. The molecule has 3 aromatic rings. The summed E-state index contributed by atoms with van der Waals surface area (Å²) >= 11 is 1.51. The number of benzene rings is 1. The molecule has 0 fully saturated rings. The van der Waals surface area contributed by atoms with Crippen LogP contribution in [0.1, 0.15) is 15.9 Å². The Balaban J connectivity index is 1.65. The van der Waals surface area contributed by atoms with Gasteiger partial charge in [-0.15, -0.1) is 0 Å². The van der Waals surface area contributed by atoms with Crippen molar-refractivity contribution in [2.24, 2.45) is 0 Å². The van der Waals surface area contributed by atoms with E-state index < -0.39 is 0 Å². The second kappa shape index (κ2) is 5.66. The van der Waals surface area contributed by atoms with E-state index in [1.165, 1.54) is 17.7 Å². The van der Waals surface area contributed by atoms with Crippen molar-refractivity contribution < 1.29 is 4.79 Å². The first kappa shape index (κ1) is 12.6. The van der Waals surface area contributed by atoms with E-state index >= 15 is 0 Å². The Morgan fingerprint density at radius 3 is 2.75 bits per heavy atom. The number of carbonyl (C=O) groups excluding carboxylic acids is 1. The summed E-state index contributed by atoms with van der Waals surface area (Å²) in [6.45, 7) is 0.665. The molecule has 3 rings (SSSR count). The van der Waals surface area contributed by atoms with Gasteiger partial charge in [-0.2, -0.15) is 16.4 Å². The molecule has 6 heteroatoms. The van der Waals surface area contributed by atoms with Gasteiger partial charge in [-0.1, -0.05) is 12.1 Å². The maximum Gasteiger partial charge on any atom is 0.256 e. The molecule has 0 radical (unpaired) electrons. The van der Waals surface area contributed by atoms with Crippen LogP contribution in [0.2, 0.25) is 0 Å². The zero-order chi connectivity index (χ0) is 13.8. The Labute approximate surface area is 119 Å². The molecule has 0 aliphatic heterocycles. The molecule has 5 nitrogen and oxygen atoms in total. The average Bonchev–Trinajstić information content (AvgIpc) is 3.13. The Kier molecular flexibility index (Phi) is 3.56. The minimum atomic E-state index is -0.0877. The summed E-state index contributed by atoms with van der Waals surface area (Å²) in [6.07, 6.45) is 3.18. The monoisotopic (exact) mass is 284 g/mol. The Morgan fingerprint density at radius 2 is 2.10 bits per heavy atom. The van der Waals surface area contributed by atoms with Gasteiger partial charge < -0.3 is 5.32 Å². The summed E-state index contributed by atoms with van der Waals surface area (Å²) in [4.78, 5) is 15.8. The van der Waals surface area contributed by atoms with Crippen LogP contribution in [0.3, 0.4) is 0 Å². The molecule has 0 saturated heterocycles. The highest BCUT2D eigenvalue weighted by atomic mass is 32.1. The molecular formula is C14H12N4OS. The Morgan fingerprint density at radius 1 is 1.25 bits per heavy atom. The van der Waals surface area contributed by atoms with Crippen molar-refractivity contribution in [1.82, 2.24) is 14.8 Å². The van der Waals surface area contributed by atoms with Crippen LogP contribution >= 0.6 is 11.3 Å². The van der Waals surface area contributed by atoms with Crippen molar-refractivity contribution in [1.29, 1.82) is 0 Å². The second-order valence-corrected chi connectivity index (χ2v) is 5.04. The number of carbonyl (C=O) groups is 1. The molecule has 0 atom stereocenters. The predicted octanol–water partition coefficient (Wildman–Crippen LogP) is 2.64. The Bertz CT molecular complexity index is 675. The number of nitrogens with one attached hydrogen (secondary N) is 1. The van der Waals surface area contributed by atoms with Gasteiger partial charge in [0.1, 0.15) is 12.7 Å². The van der Waals surface area contributed by atoms with Crippen LogP contribution < -0.4 is 5.32 Å². The maximum atomic E-state index is 11.9. The summed E-state index contributed by atoms with van der Waals surface area (Å²) < 4.78 is 1.75. The Hall–Kier alpha value is -2.47. The van der Waals surface area contributed by atoms with E-state index in [4.69, 9.17) is 0 Å². The van der Waals surface area contributed by atoms with Gasteiger partial charge in [0.05, 0.1) is 12.1 Å². The molecule has 0 unspecified atom stereocenters. The van der Waals surface area contributed by atoms with Crippen molar-refractivity contribution >= 4 is 22.9 Å². The third-order valence-corrected chi connectivity index (χ3v) is 3.49. The fourth-order valence-corrected chi connectivity index (χ4v) is 2.43. The van der Waals surface area contributed by atoms with E-state index in [1.807, 2.05) is 35.0 Å². The first-order chi connectivity index (χ1) is 9.81. The van der Waals surface area contributed by atoms with E-state index in [-0.39, 0.29) is 5.91 Å². The van der Waals surface area contributed by atoms with E-state index in [1.54, 1.807) is 17.1 Å². The van der Waals surface area contributed by atoms with Crippen LogP contribution in [0, 0.1) is 0 Å². The van der Waals surface area contributed by atoms with Crippen LogP contribution in [-0.4, -0.2) is 20.7 Å². The minimum absolute atomic E-state index is 0.0877. The first-order valence-corrected chi connectivity index (χ1v) is 7.00. The SMILES string of the molecule is O=C(Nc1ccc(Cn2cncn2)cc1)c1ccsc1. The van der Waals surface area contributed by atoms with Crippen LogP contribution in [-0.2, 0) is 6.54 Å². The maximum absolute atomic E-state index is 11.9. The smallest absolute Gasteiger partial charge is 0.256 e. The van der Waals surface area contributed by atoms with E-state index in [0.29, 0.717) is 12.1 Å². The van der Waals surface area contributed by atoms with E-state index in [2.05, 4.69) is 15.4 Å². The highest BCUT2D eigenvalue weighted by Gasteiger charge is 2.06. The molecule has 0 spiro atoms. The van der Waals surface area contributed by atoms with Gasteiger partial charge in [-0.05, 0) is 29.1 Å². The molecule has 20 heavy (non-hydrogen) atoms. The lowest BCUT2D eigenvalue weighted by Crippen LogP contribution is -2.10. The molecule has 0 aliphatic carbocycles. The summed E-state index contributed by atoms with van der Waals surface area (Å²) in [6, 6.07) is 9.50. The van der Waals surface area contributed by atoms with E-state index in [0.717, 1.165) is 11.3 Å². The van der Waals surface area contributed by atoms with Crippen molar-refractivity contribution in [2.75, 3.05) is 5.32 Å². The van der Waals surface area contributed by atoms with Crippen LogP contribution in [0.25, 0.3) is 0 Å². The predicted molar refractivity (Wildman–Crippen MR) is 77.8 cm³/mol. The molecule has 2 aromatic heterocycles. The molecule has 0 saturated carbocycles. The van der Waals surface area contributed by atoms with Crippen LogP contribution in [0.5, 0.6) is 0 Å². The van der Waals surface area contributed by atoms with Crippen molar-refractivity contribution in [3.05, 3.63) is 64.9 Å². The largest absolute Gasteiger partial charge is 0.322 e. The molecule has 1 N–H and O–H groups in total. The van der Waals surface area contributed by atoms with Crippen molar-refractivity contribution in [2.45, 2.75) is 6.54 Å². The highest BCUT2D eigenvalue weighted by molar-refractivity contribution is 7.08.